The summed E-state index contributed by atoms with van der Waals surface area (Å²) in [6.45, 7) is 4.48. The van der Waals surface area contributed by atoms with Crippen molar-refractivity contribution in [2.75, 3.05) is 25.5 Å². The Bertz CT molecular complexity index is 1100. The summed E-state index contributed by atoms with van der Waals surface area (Å²) in [5, 5.41) is -0.191. The van der Waals surface area contributed by atoms with E-state index in [0.29, 0.717) is 15.8 Å². The van der Waals surface area contributed by atoms with Crippen molar-refractivity contribution >= 4 is 56.0 Å². The zero-order valence-corrected chi connectivity index (χ0v) is 19.7. The Kier molecular flexibility index (Phi) is 6.68. The third-order valence-electron chi connectivity index (χ3n) is 4.45. The number of amides is 1. The van der Waals surface area contributed by atoms with E-state index in [1.165, 1.54) is 23.1 Å². The van der Waals surface area contributed by atoms with Gasteiger partial charge in [-0.15, -0.1) is 0 Å². The minimum Gasteiger partial charge on any atom is -0.420 e. The molecule has 2 aromatic rings. The minimum atomic E-state index is -3.89. The fourth-order valence-corrected chi connectivity index (χ4v) is 5.44. The molecule has 1 amide bonds. The van der Waals surface area contributed by atoms with Gasteiger partial charge < -0.3 is 9.32 Å². The van der Waals surface area contributed by atoms with Crippen LogP contribution in [0.5, 0.6) is 0 Å². The van der Waals surface area contributed by atoms with Gasteiger partial charge in [-0.25, -0.2) is 8.42 Å². The van der Waals surface area contributed by atoms with E-state index < -0.39 is 9.84 Å². The summed E-state index contributed by atoms with van der Waals surface area (Å²) in [5.41, 5.74) is 0.952. The van der Waals surface area contributed by atoms with Crippen LogP contribution in [-0.4, -0.2) is 49.2 Å². The van der Waals surface area contributed by atoms with Gasteiger partial charge in [-0.2, -0.15) is 4.98 Å². The van der Waals surface area contributed by atoms with E-state index >= 15 is 0 Å². The Morgan fingerprint density at radius 1 is 1.27 bits per heavy atom. The Balaban J connectivity index is 1.99. The van der Waals surface area contributed by atoms with Gasteiger partial charge in [0.05, 0.1) is 9.80 Å². The summed E-state index contributed by atoms with van der Waals surface area (Å²) in [7, 11) is -0.556. The van der Waals surface area contributed by atoms with Gasteiger partial charge in [0, 0.05) is 26.7 Å². The largest absolute Gasteiger partial charge is 0.420 e. The van der Waals surface area contributed by atoms with Crippen molar-refractivity contribution in [1.29, 1.82) is 0 Å². The zero-order chi connectivity index (χ0) is 22.1. The summed E-state index contributed by atoms with van der Waals surface area (Å²) < 4.78 is 32.5. The predicted octanol–water partition coefficient (Wildman–Crippen LogP) is 3.88. The van der Waals surface area contributed by atoms with Crippen LogP contribution < -0.4 is 4.90 Å². The molecule has 1 fully saturated rings. The van der Waals surface area contributed by atoms with E-state index in [4.69, 9.17) is 16.6 Å². The highest BCUT2D eigenvalue weighted by Gasteiger charge is 2.33. The number of hydrogen-bond donors (Lipinski definition) is 0. The van der Waals surface area contributed by atoms with E-state index in [1.54, 1.807) is 31.1 Å². The van der Waals surface area contributed by atoms with E-state index in [0.717, 1.165) is 30.2 Å². The number of aromatic nitrogens is 1. The van der Waals surface area contributed by atoms with Gasteiger partial charge in [0.15, 0.2) is 0 Å². The first-order valence-corrected chi connectivity index (χ1v) is 12.1. The molecule has 30 heavy (non-hydrogen) atoms. The first kappa shape index (κ1) is 22.5. The molecule has 160 valence electrons. The van der Waals surface area contributed by atoms with E-state index in [9.17, 15) is 13.2 Å². The monoisotopic (exact) mass is 465 g/mol. The van der Waals surface area contributed by atoms with Gasteiger partial charge in [-0.3, -0.25) is 9.69 Å². The van der Waals surface area contributed by atoms with Crippen LogP contribution in [0.1, 0.15) is 31.2 Å². The number of aryl methyl sites for hydroxylation is 1. The number of anilines is 1. The summed E-state index contributed by atoms with van der Waals surface area (Å²) in [6.07, 6.45) is 3.25. The molecule has 0 saturated carbocycles. The summed E-state index contributed by atoms with van der Waals surface area (Å²) in [6, 6.07) is 6.53. The number of sulfone groups is 1. The Morgan fingerprint density at radius 3 is 2.53 bits per heavy atom. The molecule has 0 N–H and O–H groups in total. The first-order chi connectivity index (χ1) is 14.1. The molecule has 1 aromatic carbocycles. The van der Waals surface area contributed by atoms with Crippen LogP contribution >= 0.6 is 24.0 Å². The average molecular weight is 466 g/mol. The lowest BCUT2D eigenvalue weighted by molar-refractivity contribution is -0.122. The zero-order valence-electron chi connectivity index (χ0n) is 17.2. The molecule has 0 atom stereocenters. The molecule has 1 saturated heterocycles. The molecule has 0 aliphatic carbocycles. The molecule has 3 rings (SSSR count). The second kappa shape index (κ2) is 8.91. The molecule has 7 nitrogen and oxygen atoms in total. The fourth-order valence-electron chi connectivity index (χ4n) is 2.78. The molecule has 10 heteroatoms. The number of thiocarbonyl (C=S) groups is 1. The Morgan fingerprint density at radius 2 is 1.93 bits per heavy atom. The third kappa shape index (κ3) is 4.45. The van der Waals surface area contributed by atoms with Crippen LogP contribution in [0.2, 0.25) is 0 Å². The lowest BCUT2D eigenvalue weighted by atomic mass is 10.2. The number of rotatable bonds is 7. The molecule has 0 spiro atoms. The van der Waals surface area contributed by atoms with E-state index in [2.05, 4.69) is 4.98 Å². The van der Waals surface area contributed by atoms with Gasteiger partial charge in [0.25, 0.3) is 5.91 Å². The van der Waals surface area contributed by atoms with Crippen molar-refractivity contribution in [3.8, 4) is 0 Å². The number of unbranched alkanes of at least 4 members (excludes halogenated alkanes) is 1. The maximum absolute atomic E-state index is 13.1. The maximum atomic E-state index is 13.1. The Hall–Kier alpha value is -2.17. The van der Waals surface area contributed by atoms with Crippen molar-refractivity contribution in [3.05, 3.63) is 40.6 Å². The molecule has 0 unspecified atom stereocenters. The standard InChI is InChI=1S/C20H23N3O4S3/c1-5-6-11-23-18(24)15(29-20(23)28)12-16-21-17(19(27-16)22(3)4)30(25,26)14-9-7-13(2)8-10-14/h7-10,12H,5-6,11H2,1-4H3. The number of oxazole rings is 1. The number of nitrogens with zero attached hydrogens (tertiary/aromatic N) is 3. The van der Waals surface area contributed by atoms with Crippen molar-refractivity contribution < 1.29 is 17.6 Å². The minimum absolute atomic E-state index is 0.0420. The second-order valence-corrected chi connectivity index (χ2v) is 10.6. The van der Waals surface area contributed by atoms with Crippen LogP contribution in [0.15, 0.2) is 43.5 Å². The summed E-state index contributed by atoms with van der Waals surface area (Å²) >= 11 is 6.46. The molecule has 0 radical (unpaired) electrons. The lowest BCUT2D eigenvalue weighted by Crippen LogP contribution is -2.28. The summed E-state index contributed by atoms with van der Waals surface area (Å²) in [5.74, 6) is -0.0744. The van der Waals surface area contributed by atoms with E-state index in [-0.39, 0.29) is 27.6 Å². The van der Waals surface area contributed by atoms with Crippen LogP contribution in [0.4, 0.5) is 5.88 Å². The highest BCUT2D eigenvalue weighted by Crippen LogP contribution is 2.35. The van der Waals surface area contributed by atoms with Crippen molar-refractivity contribution in [3.63, 3.8) is 0 Å². The third-order valence-corrected chi connectivity index (χ3v) is 7.50. The number of benzene rings is 1. The van der Waals surface area contributed by atoms with Crippen molar-refractivity contribution in [1.82, 2.24) is 9.88 Å². The Labute approximate surface area is 186 Å². The number of hydrogen-bond acceptors (Lipinski definition) is 8. The molecule has 2 heterocycles. The van der Waals surface area contributed by atoms with E-state index in [1.807, 2.05) is 13.8 Å². The van der Waals surface area contributed by atoms with Crippen molar-refractivity contribution in [2.45, 2.75) is 36.6 Å². The van der Waals surface area contributed by atoms with Gasteiger partial charge in [-0.05, 0) is 25.5 Å². The van der Waals surface area contributed by atoms with Crippen LogP contribution in [-0.2, 0) is 14.6 Å². The molecule has 1 aromatic heterocycles. The molecule has 0 bridgehead atoms. The highest BCUT2D eigenvalue weighted by molar-refractivity contribution is 8.26. The first-order valence-electron chi connectivity index (χ1n) is 9.40. The normalized spacial score (nSPS) is 16.0. The maximum Gasteiger partial charge on any atom is 0.266 e. The predicted molar refractivity (Wildman–Crippen MR) is 122 cm³/mol. The van der Waals surface area contributed by atoms with Gasteiger partial charge in [0.2, 0.25) is 26.6 Å². The van der Waals surface area contributed by atoms with Crippen LogP contribution in [0.3, 0.4) is 0 Å². The molecule has 1 aliphatic rings. The average Bonchev–Trinajstić information content (AvgIpc) is 3.23. The molecule has 1 aliphatic heterocycles. The smallest absolute Gasteiger partial charge is 0.266 e. The second-order valence-electron chi connectivity index (χ2n) is 7.06. The van der Waals surface area contributed by atoms with Gasteiger partial charge in [-0.1, -0.05) is 55.0 Å². The van der Waals surface area contributed by atoms with Crippen LogP contribution in [0.25, 0.3) is 6.08 Å². The lowest BCUT2D eigenvalue weighted by Gasteiger charge is -2.12. The SMILES string of the molecule is CCCCN1C(=O)C(=Cc2nc(S(=O)(=O)c3ccc(C)cc3)c(N(C)C)o2)SC1=S. The number of carbonyl (C=O) groups is 1. The number of carbonyl (C=O) groups excluding carboxylic acids is 1. The molecular weight excluding hydrogens is 442 g/mol. The topological polar surface area (TPSA) is 83.7 Å². The van der Waals surface area contributed by atoms with Crippen LogP contribution in [0, 0.1) is 6.92 Å². The van der Waals surface area contributed by atoms with Crippen molar-refractivity contribution in [2.24, 2.45) is 0 Å². The quantitative estimate of drug-likeness (QED) is 0.450. The summed E-state index contributed by atoms with van der Waals surface area (Å²) in [4.78, 5) is 20.4. The van der Waals surface area contributed by atoms with Gasteiger partial charge in [0.1, 0.15) is 4.32 Å². The highest BCUT2D eigenvalue weighted by atomic mass is 32.2. The fraction of sp³-hybridized carbons (Fsp3) is 0.350. The van der Waals surface area contributed by atoms with Gasteiger partial charge >= 0.3 is 0 Å². The molecular formula is C20H23N3O4S3. The number of thioether (sulfide) groups is 1.